The third-order valence-corrected chi connectivity index (χ3v) is 2.85. The molecule has 1 heteroatoms. The third kappa shape index (κ3) is 2.34. The molecule has 0 aliphatic rings. The Morgan fingerprint density at radius 1 is 1.13 bits per heavy atom. The largest absolute Gasteiger partial charge is 0.331 e. The second-order valence-corrected chi connectivity index (χ2v) is 5.54. The van der Waals surface area contributed by atoms with Gasteiger partial charge in [0.25, 0.3) is 0 Å². The Kier molecular flexibility index (Phi) is 3.13. The summed E-state index contributed by atoms with van der Waals surface area (Å²) < 4.78 is 2.31. The first-order chi connectivity index (χ1) is 6.75. The SMILES string of the molecule is Cc1cc[n+]([C-](C)C)c(C(C)(C)C)c1C. The summed E-state index contributed by atoms with van der Waals surface area (Å²) in [6, 6.07) is 3.51. The van der Waals surface area contributed by atoms with E-state index >= 15 is 0 Å². The van der Waals surface area contributed by atoms with Crippen molar-refractivity contribution in [1.29, 1.82) is 0 Å². The Balaban J connectivity index is 3.49. The van der Waals surface area contributed by atoms with Crippen LogP contribution >= 0.6 is 0 Å². The minimum absolute atomic E-state index is 0.188. The second-order valence-electron chi connectivity index (χ2n) is 5.54. The number of aryl methyl sites for hydroxylation is 1. The van der Waals surface area contributed by atoms with E-state index in [1.54, 1.807) is 0 Å². The van der Waals surface area contributed by atoms with E-state index in [0.717, 1.165) is 0 Å². The van der Waals surface area contributed by atoms with E-state index in [4.69, 9.17) is 0 Å². The van der Waals surface area contributed by atoms with Crippen molar-refractivity contribution >= 4 is 0 Å². The number of hydrogen-bond donors (Lipinski definition) is 0. The van der Waals surface area contributed by atoms with Gasteiger partial charge < -0.3 is 4.57 Å². The average Bonchev–Trinajstić information content (AvgIpc) is 2.06. The maximum Gasteiger partial charge on any atom is 0.0906 e. The molecule has 1 nitrogen and oxygen atoms in total. The van der Waals surface area contributed by atoms with Crippen LogP contribution in [0.4, 0.5) is 0 Å². The van der Waals surface area contributed by atoms with Crippen molar-refractivity contribution in [3.8, 4) is 0 Å². The molecule has 0 N–H and O–H groups in total. The van der Waals surface area contributed by atoms with Gasteiger partial charge in [0.05, 0.1) is 17.9 Å². The van der Waals surface area contributed by atoms with Gasteiger partial charge in [-0.15, -0.1) is 0 Å². The minimum atomic E-state index is 0.188. The number of rotatable bonds is 1. The maximum absolute atomic E-state index is 2.31. The molecule has 0 aliphatic heterocycles. The molecule has 0 unspecified atom stereocenters. The highest BCUT2D eigenvalue weighted by Crippen LogP contribution is 2.24. The zero-order valence-corrected chi connectivity index (χ0v) is 11.1. The second kappa shape index (κ2) is 3.88. The zero-order chi connectivity index (χ0) is 11.8. The molecule has 0 saturated heterocycles. The molecule has 0 spiro atoms. The molecular formula is C14H23N. The summed E-state index contributed by atoms with van der Waals surface area (Å²) in [4.78, 5) is 0. The van der Waals surface area contributed by atoms with Crippen LogP contribution in [-0.2, 0) is 5.41 Å². The van der Waals surface area contributed by atoms with Crippen molar-refractivity contribution in [1.82, 2.24) is 0 Å². The van der Waals surface area contributed by atoms with Gasteiger partial charge in [-0.2, -0.15) is 0 Å². The molecule has 15 heavy (non-hydrogen) atoms. The van der Waals surface area contributed by atoms with Crippen LogP contribution in [0.15, 0.2) is 12.3 Å². The van der Waals surface area contributed by atoms with Crippen LogP contribution in [-0.4, -0.2) is 0 Å². The Morgan fingerprint density at radius 2 is 1.67 bits per heavy atom. The lowest BCUT2D eigenvalue weighted by Gasteiger charge is -2.28. The lowest BCUT2D eigenvalue weighted by molar-refractivity contribution is -0.666. The molecule has 0 aliphatic carbocycles. The topological polar surface area (TPSA) is 3.88 Å². The first-order valence-electron chi connectivity index (χ1n) is 5.58. The van der Waals surface area contributed by atoms with E-state index in [-0.39, 0.29) is 5.41 Å². The Labute approximate surface area is 94.1 Å². The van der Waals surface area contributed by atoms with Crippen LogP contribution in [0, 0.1) is 19.9 Å². The molecule has 84 valence electrons. The fraction of sp³-hybridized carbons (Fsp3) is 0.571. The van der Waals surface area contributed by atoms with Gasteiger partial charge >= 0.3 is 0 Å². The maximum atomic E-state index is 2.31. The molecule has 0 radical (unpaired) electrons. The van der Waals surface area contributed by atoms with Crippen LogP contribution in [0.3, 0.4) is 0 Å². The summed E-state index contributed by atoms with van der Waals surface area (Å²) in [6.45, 7) is 15.5. The van der Waals surface area contributed by atoms with Crippen LogP contribution < -0.4 is 4.57 Å². The first-order valence-corrected chi connectivity index (χ1v) is 5.58. The molecule has 0 aromatic carbocycles. The summed E-state index contributed by atoms with van der Waals surface area (Å²) in [5.41, 5.74) is 4.39. The van der Waals surface area contributed by atoms with Crippen LogP contribution in [0.25, 0.3) is 0 Å². The predicted molar refractivity (Wildman–Crippen MR) is 64.8 cm³/mol. The lowest BCUT2D eigenvalue weighted by atomic mass is 9.86. The number of pyridine rings is 1. The monoisotopic (exact) mass is 205 g/mol. The molecule has 1 aromatic rings. The average molecular weight is 205 g/mol. The summed E-state index contributed by atoms with van der Waals surface area (Å²) in [6.07, 6.45) is 2.18. The van der Waals surface area contributed by atoms with E-state index in [0.29, 0.717) is 0 Å². The van der Waals surface area contributed by atoms with Crippen LogP contribution in [0.2, 0.25) is 0 Å². The van der Waals surface area contributed by atoms with E-state index in [2.05, 4.69) is 65.3 Å². The molecule has 0 amide bonds. The Morgan fingerprint density at radius 3 is 2.07 bits per heavy atom. The standard InChI is InChI=1S/C14H23N/c1-10(2)15-9-8-11(3)12(4)13(15)14(5,6)7/h8-9H,1-7H3. The van der Waals surface area contributed by atoms with Crippen molar-refractivity contribution in [3.63, 3.8) is 0 Å². The third-order valence-electron chi connectivity index (χ3n) is 2.85. The normalized spacial score (nSPS) is 11.7. The molecule has 0 atom stereocenters. The van der Waals surface area contributed by atoms with E-state index in [1.165, 1.54) is 22.9 Å². The van der Waals surface area contributed by atoms with Gasteiger partial charge in [-0.1, -0.05) is 32.4 Å². The van der Waals surface area contributed by atoms with Crippen LogP contribution in [0.5, 0.6) is 0 Å². The highest BCUT2D eigenvalue weighted by atomic mass is 15.0. The van der Waals surface area contributed by atoms with Crippen molar-refractivity contribution in [2.45, 2.75) is 53.9 Å². The minimum Gasteiger partial charge on any atom is -0.331 e. The van der Waals surface area contributed by atoms with Crippen LogP contribution in [0.1, 0.15) is 51.4 Å². The lowest BCUT2D eigenvalue weighted by Crippen LogP contribution is -2.46. The highest BCUT2D eigenvalue weighted by molar-refractivity contribution is 5.28. The van der Waals surface area contributed by atoms with E-state index in [1.807, 2.05) is 0 Å². The highest BCUT2D eigenvalue weighted by Gasteiger charge is 2.23. The molecule has 0 fully saturated rings. The molecule has 1 heterocycles. The smallest absolute Gasteiger partial charge is 0.0906 e. The molecule has 0 bridgehead atoms. The van der Waals surface area contributed by atoms with Gasteiger partial charge in [0.15, 0.2) is 0 Å². The fourth-order valence-electron chi connectivity index (χ4n) is 2.05. The molecular weight excluding hydrogens is 182 g/mol. The first kappa shape index (κ1) is 12.1. The fourth-order valence-corrected chi connectivity index (χ4v) is 2.05. The quantitative estimate of drug-likeness (QED) is 0.489. The summed E-state index contributed by atoms with van der Waals surface area (Å²) in [7, 11) is 0. The van der Waals surface area contributed by atoms with Gasteiger partial charge in [0, 0.05) is 5.41 Å². The number of nitrogens with zero attached hydrogens (tertiary/aromatic N) is 1. The van der Waals surface area contributed by atoms with Gasteiger partial charge in [-0.05, 0) is 33.3 Å². The summed E-state index contributed by atoms with van der Waals surface area (Å²) in [5.74, 6) is 0. The van der Waals surface area contributed by atoms with Gasteiger partial charge in [0.2, 0.25) is 0 Å². The zero-order valence-electron chi connectivity index (χ0n) is 11.1. The Hall–Kier alpha value is -0.980. The van der Waals surface area contributed by atoms with Gasteiger partial charge in [-0.3, -0.25) is 0 Å². The predicted octanol–water partition coefficient (Wildman–Crippen LogP) is 3.31. The van der Waals surface area contributed by atoms with Gasteiger partial charge in [0.1, 0.15) is 0 Å². The van der Waals surface area contributed by atoms with E-state index in [9.17, 15) is 0 Å². The Bertz CT molecular complexity index is 356. The van der Waals surface area contributed by atoms with E-state index < -0.39 is 0 Å². The van der Waals surface area contributed by atoms with Crippen molar-refractivity contribution in [3.05, 3.63) is 35.1 Å². The summed E-state index contributed by atoms with van der Waals surface area (Å²) in [5, 5.41) is 0. The number of aromatic nitrogens is 1. The van der Waals surface area contributed by atoms with Crippen molar-refractivity contribution in [2.75, 3.05) is 0 Å². The molecule has 1 aromatic heterocycles. The summed E-state index contributed by atoms with van der Waals surface area (Å²) >= 11 is 0. The van der Waals surface area contributed by atoms with Gasteiger partial charge in [-0.25, -0.2) is 0 Å². The molecule has 0 saturated carbocycles. The van der Waals surface area contributed by atoms with Crippen molar-refractivity contribution in [2.24, 2.45) is 0 Å². The number of hydrogen-bond acceptors (Lipinski definition) is 0. The van der Waals surface area contributed by atoms with Crippen molar-refractivity contribution < 1.29 is 4.57 Å². The molecule has 1 rings (SSSR count).